The van der Waals surface area contributed by atoms with E-state index in [1.54, 1.807) is 19.1 Å². The van der Waals surface area contributed by atoms with Crippen LogP contribution in [0.2, 0.25) is 0 Å². The summed E-state index contributed by atoms with van der Waals surface area (Å²) in [6, 6.07) is 6.73. The fraction of sp³-hybridized carbons (Fsp3) is 0.429. The van der Waals surface area contributed by atoms with Crippen molar-refractivity contribution in [3.05, 3.63) is 24.3 Å². The zero-order valence-corrected chi connectivity index (χ0v) is 11.7. The van der Waals surface area contributed by atoms with Crippen LogP contribution in [0.15, 0.2) is 24.3 Å². The summed E-state index contributed by atoms with van der Waals surface area (Å²) in [5.41, 5.74) is 5.48. The molecule has 1 unspecified atom stereocenters. The van der Waals surface area contributed by atoms with Crippen LogP contribution in [0.25, 0.3) is 0 Å². The van der Waals surface area contributed by atoms with Gasteiger partial charge >= 0.3 is 6.03 Å². The number of nitrogens with one attached hydrogen (secondary N) is 1. The quantitative estimate of drug-likeness (QED) is 0.629. The van der Waals surface area contributed by atoms with Crippen molar-refractivity contribution in [2.75, 3.05) is 18.9 Å². The van der Waals surface area contributed by atoms with Crippen LogP contribution in [0.4, 0.5) is 10.5 Å². The Morgan fingerprint density at radius 2 is 2.05 bits per heavy atom. The first-order valence-corrected chi connectivity index (χ1v) is 6.59. The van der Waals surface area contributed by atoms with Crippen molar-refractivity contribution in [3.8, 4) is 5.75 Å². The van der Waals surface area contributed by atoms with Crippen molar-refractivity contribution in [1.82, 2.24) is 10.2 Å². The number of benzene rings is 1. The third kappa shape index (κ3) is 2.54. The predicted octanol–water partition coefficient (Wildman–Crippen LogP) is 1.37. The molecule has 2 rings (SSSR count). The van der Waals surface area contributed by atoms with E-state index >= 15 is 0 Å². The topological polar surface area (TPSA) is 84.7 Å². The molecule has 0 aliphatic carbocycles. The van der Waals surface area contributed by atoms with Gasteiger partial charge in [0.15, 0.2) is 0 Å². The molecule has 3 N–H and O–H groups in total. The lowest BCUT2D eigenvalue weighted by atomic mass is 9.99. The van der Waals surface area contributed by atoms with E-state index in [0.717, 1.165) is 0 Å². The van der Waals surface area contributed by atoms with Gasteiger partial charge in [0.25, 0.3) is 5.91 Å². The second kappa shape index (κ2) is 5.40. The Bertz CT molecular complexity index is 532. The summed E-state index contributed by atoms with van der Waals surface area (Å²) in [5, 5.41) is 2.70. The molecule has 0 saturated carbocycles. The predicted molar refractivity (Wildman–Crippen MR) is 75.3 cm³/mol. The van der Waals surface area contributed by atoms with E-state index in [9.17, 15) is 9.59 Å². The molecule has 1 aliphatic heterocycles. The van der Waals surface area contributed by atoms with Crippen LogP contribution in [0, 0.1) is 0 Å². The van der Waals surface area contributed by atoms with Crippen molar-refractivity contribution in [2.45, 2.75) is 25.8 Å². The molecule has 108 valence electrons. The minimum Gasteiger partial charge on any atom is -0.490 e. The first-order chi connectivity index (χ1) is 9.48. The Morgan fingerprint density at radius 3 is 2.65 bits per heavy atom. The fourth-order valence-electron chi connectivity index (χ4n) is 2.05. The van der Waals surface area contributed by atoms with Gasteiger partial charge in [-0.15, -0.1) is 0 Å². The van der Waals surface area contributed by atoms with Crippen LogP contribution in [-0.2, 0) is 4.79 Å². The maximum atomic E-state index is 12.1. The first-order valence-electron chi connectivity index (χ1n) is 6.59. The molecule has 0 aromatic heterocycles. The Hall–Kier alpha value is -2.24. The molecular weight excluding hydrogens is 258 g/mol. The SMILES string of the molecule is CCC1(C)NC(=O)N(CCOc2ccccc2N)C1=O. The number of ether oxygens (including phenoxy) is 1. The summed E-state index contributed by atoms with van der Waals surface area (Å²) in [7, 11) is 0. The van der Waals surface area contributed by atoms with Gasteiger partial charge < -0.3 is 15.8 Å². The van der Waals surface area contributed by atoms with E-state index in [0.29, 0.717) is 17.9 Å². The molecule has 0 spiro atoms. The minimum atomic E-state index is -0.803. The lowest BCUT2D eigenvalue weighted by Gasteiger charge is -2.19. The molecule has 1 fully saturated rings. The third-order valence-electron chi connectivity index (χ3n) is 3.54. The number of hydrogen-bond acceptors (Lipinski definition) is 4. The van der Waals surface area contributed by atoms with Gasteiger partial charge in [-0.25, -0.2) is 4.79 Å². The highest BCUT2D eigenvalue weighted by Crippen LogP contribution is 2.22. The third-order valence-corrected chi connectivity index (χ3v) is 3.54. The van der Waals surface area contributed by atoms with E-state index in [2.05, 4.69) is 5.32 Å². The lowest BCUT2D eigenvalue weighted by molar-refractivity contribution is -0.131. The smallest absolute Gasteiger partial charge is 0.325 e. The summed E-state index contributed by atoms with van der Waals surface area (Å²) in [5.74, 6) is 0.340. The number of rotatable bonds is 5. The molecule has 1 aromatic carbocycles. The Balaban J connectivity index is 1.94. The number of carbonyl (C=O) groups excluding carboxylic acids is 2. The molecule has 1 aliphatic rings. The summed E-state index contributed by atoms with van der Waals surface area (Å²) < 4.78 is 5.50. The summed E-state index contributed by atoms with van der Waals surface area (Å²) >= 11 is 0. The van der Waals surface area contributed by atoms with Gasteiger partial charge in [-0.05, 0) is 25.5 Å². The zero-order valence-electron chi connectivity index (χ0n) is 11.7. The van der Waals surface area contributed by atoms with E-state index in [-0.39, 0.29) is 25.1 Å². The maximum Gasteiger partial charge on any atom is 0.325 e. The number of imide groups is 1. The maximum absolute atomic E-state index is 12.1. The summed E-state index contributed by atoms with van der Waals surface area (Å²) in [4.78, 5) is 25.1. The second-order valence-electron chi connectivity index (χ2n) is 4.96. The Kier molecular flexibility index (Phi) is 3.83. The van der Waals surface area contributed by atoms with E-state index in [1.807, 2.05) is 19.1 Å². The first kappa shape index (κ1) is 14.2. The van der Waals surface area contributed by atoms with Gasteiger partial charge in [-0.1, -0.05) is 19.1 Å². The molecule has 1 saturated heterocycles. The molecular formula is C14H19N3O3. The van der Waals surface area contributed by atoms with E-state index in [4.69, 9.17) is 10.5 Å². The van der Waals surface area contributed by atoms with Crippen molar-refractivity contribution in [2.24, 2.45) is 0 Å². The van der Waals surface area contributed by atoms with Gasteiger partial charge in [0.05, 0.1) is 12.2 Å². The molecule has 1 atom stereocenters. The minimum absolute atomic E-state index is 0.203. The van der Waals surface area contributed by atoms with Crippen LogP contribution in [-0.4, -0.2) is 35.5 Å². The van der Waals surface area contributed by atoms with Crippen molar-refractivity contribution in [1.29, 1.82) is 0 Å². The molecule has 6 heteroatoms. The Labute approximate surface area is 117 Å². The molecule has 0 bridgehead atoms. The highest BCUT2D eigenvalue weighted by Gasteiger charge is 2.46. The normalized spacial score (nSPS) is 22.0. The number of nitrogens with zero attached hydrogens (tertiary/aromatic N) is 1. The second-order valence-corrected chi connectivity index (χ2v) is 4.96. The monoisotopic (exact) mass is 277 g/mol. The number of amides is 3. The number of nitrogen functional groups attached to an aromatic ring is 1. The van der Waals surface area contributed by atoms with Crippen LogP contribution < -0.4 is 15.8 Å². The molecule has 1 aromatic rings. The summed E-state index contributed by atoms with van der Waals surface area (Å²) in [6.07, 6.45) is 0.556. The van der Waals surface area contributed by atoms with Gasteiger partial charge in [-0.3, -0.25) is 9.69 Å². The molecule has 3 amide bonds. The van der Waals surface area contributed by atoms with Crippen LogP contribution in [0.1, 0.15) is 20.3 Å². The molecule has 1 heterocycles. The van der Waals surface area contributed by atoms with Crippen LogP contribution in [0.3, 0.4) is 0 Å². The van der Waals surface area contributed by atoms with Crippen molar-refractivity contribution >= 4 is 17.6 Å². The van der Waals surface area contributed by atoms with Crippen LogP contribution in [0.5, 0.6) is 5.75 Å². The largest absolute Gasteiger partial charge is 0.490 e. The van der Waals surface area contributed by atoms with E-state index in [1.165, 1.54) is 4.90 Å². The van der Waals surface area contributed by atoms with Gasteiger partial charge in [0.1, 0.15) is 17.9 Å². The molecule has 0 radical (unpaired) electrons. The van der Waals surface area contributed by atoms with Gasteiger partial charge in [0, 0.05) is 0 Å². The van der Waals surface area contributed by atoms with Crippen molar-refractivity contribution < 1.29 is 14.3 Å². The van der Waals surface area contributed by atoms with Gasteiger partial charge in [0.2, 0.25) is 0 Å². The number of anilines is 1. The summed E-state index contributed by atoms with van der Waals surface area (Å²) in [6.45, 7) is 4.01. The van der Waals surface area contributed by atoms with Gasteiger partial charge in [-0.2, -0.15) is 0 Å². The Morgan fingerprint density at radius 1 is 1.35 bits per heavy atom. The number of hydrogen-bond donors (Lipinski definition) is 2. The highest BCUT2D eigenvalue weighted by molar-refractivity contribution is 6.06. The number of carbonyl (C=O) groups is 2. The lowest BCUT2D eigenvalue weighted by Crippen LogP contribution is -2.43. The number of para-hydroxylation sites is 2. The van der Waals surface area contributed by atoms with Crippen molar-refractivity contribution in [3.63, 3.8) is 0 Å². The highest BCUT2D eigenvalue weighted by atomic mass is 16.5. The van der Waals surface area contributed by atoms with E-state index < -0.39 is 5.54 Å². The number of urea groups is 1. The average Bonchev–Trinajstić information content (AvgIpc) is 2.65. The average molecular weight is 277 g/mol. The fourth-order valence-corrected chi connectivity index (χ4v) is 2.05. The molecule has 6 nitrogen and oxygen atoms in total. The zero-order chi connectivity index (χ0) is 14.8. The number of nitrogens with two attached hydrogens (primary N) is 1. The molecule has 20 heavy (non-hydrogen) atoms. The standard InChI is InChI=1S/C14H19N3O3/c1-3-14(2)12(18)17(13(19)16-14)8-9-20-11-7-5-4-6-10(11)15/h4-7H,3,8-9,15H2,1-2H3,(H,16,19). The van der Waals surface area contributed by atoms with Crippen LogP contribution >= 0.6 is 0 Å².